The number of ether oxygens (including phenoxy) is 1. The van der Waals surface area contributed by atoms with E-state index in [0.717, 1.165) is 36.9 Å². The molecular formula is C20H23BrN2O2. The topological polar surface area (TPSA) is 41.6 Å². The van der Waals surface area contributed by atoms with Gasteiger partial charge in [0.05, 0.1) is 0 Å². The molecule has 25 heavy (non-hydrogen) atoms. The lowest BCUT2D eigenvalue weighted by atomic mass is 10.0. The predicted octanol–water partition coefficient (Wildman–Crippen LogP) is 3.61. The highest BCUT2D eigenvalue weighted by atomic mass is 79.9. The van der Waals surface area contributed by atoms with Gasteiger partial charge < -0.3 is 10.1 Å². The predicted molar refractivity (Wildman–Crippen MR) is 103 cm³/mol. The first kappa shape index (κ1) is 18.0. The molecule has 5 heteroatoms. The van der Waals surface area contributed by atoms with Crippen molar-refractivity contribution in [3.63, 3.8) is 0 Å². The fourth-order valence-electron chi connectivity index (χ4n) is 3.03. The van der Waals surface area contributed by atoms with Crippen LogP contribution < -0.4 is 10.1 Å². The summed E-state index contributed by atoms with van der Waals surface area (Å²) in [6, 6.07) is 18.3. The molecule has 1 heterocycles. The minimum atomic E-state index is -0.0515. The standard InChI is InChI=1S/C20H23BrN2O2/c21-17-6-8-19(9-7-17)25-15-20(24)22-18-10-12-23(13-11-18)14-16-4-2-1-3-5-16/h1-9,18H,10-15H2,(H,22,24). The fraction of sp³-hybridized carbons (Fsp3) is 0.350. The van der Waals surface area contributed by atoms with Gasteiger partial charge in [0.2, 0.25) is 0 Å². The summed E-state index contributed by atoms with van der Waals surface area (Å²) < 4.78 is 6.51. The maximum Gasteiger partial charge on any atom is 0.258 e. The molecule has 0 unspecified atom stereocenters. The lowest BCUT2D eigenvalue weighted by molar-refractivity contribution is -0.124. The van der Waals surface area contributed by atoms with E-state index >= 15 is 0 Å². The van der Waals surface area contributed by atoms with E-state index in [9.17, 15) is 4.79 Å². The molecule has 1 N–H and O–H groups in total. The first-order valence-corrected chi connectivity index (χ1v) is 9.42. The highest BCUT2D eigenvalue weighted by Crippen LogP contribution is 2.16. The van der Waals surface area contributed by atoms with Gasteiger partial charge in [-0.25, -0.2) is 0 Å². The maximum atomic E-state index is 12.1. The Labute approximate surface area is 157 Å². The Hall–Kier alpha value is -1.85. The molecule has 0 aromatic heterocycles. The van der Waals surface area contributed by atoms with Crippen molar-refractivity contribution < 1.29 is 9.53 Å². The number of hydrogen-bond acceptors (Lipinski definition) is 3. The molecule has 1 amide bonds. The van der Waals surface area contributed by atoms with Crippen LogP contribution in [0.25, 0.3) is 0 Å². The van der Waals surface area contributed by atoms with E-state index in [4.69, 9.17) is 4.74 Å². The zero-order valence-corrected chi connectivity index (χ0v) is 15.7. The molecule has 0 aliphatic carbocycles. The van der Waals surface area contributed by atoms with Crippen LogP contribution in [-0.4, -0.2) is 36.5 Å². The van der Waals surface area contributed by atoms with Crippen molar-refractivity contribution >= 4 is 21.8 Å². The van der Waals surface area contributed by atoms with Gasteiger partial charge >= 0.3 is 0 Å². The average molecular weight is 403 g/mol. The van der Waals surface area contributed by atoms with Crippen molar-refractivity contribution in [3.05, 3.63) is 64.6 Å². The van der Waals surface area contributed by atoms with Crippen molar-refractivity contribution in [1.29, 1.82) is 0 Å². The molecule has 1 aliphatic rings. The van der Waals surface area contributed by atoms with Gasteiger partial charge in [-0.05, 0) is 42.7 Å². The largest absolute Gasteiger partial charge is 0.484 e. The van der Waals surface area contributed by atoms with Crippen molar-refractivity contribution in [3.8, 4) is 5.75 Å². The van der Waals surface area contributed by atoms with Gasteiger partial charge in [0.1, 0.15) is 5.75 Å². The smallest absolute Gasteiger partial charge is 0.258 e. The third-order valence-corrected chi connectivity index (χ3v) is 4.91. The number of likely N-dealkylation sites (tertiary alicyclic amines) is 1. The van der Waals surface area contributed by atoms with Gasteiger partial charge in [0, 0.05) is 30.1 Å². The lowest BCUT2D eigenvalue weighted by Gasteiger charge is -2.32. The molecule has 3 rings (SSSR count). The molecule has 2 aromatic rings. The summed E-state index contributed by atoms with van der Waals surface area (Å²) in [7, 11) is 0. The van der Waals surface area contributed by atoms with Crippen molar-refractivity contribution in [2.45, 2.75) is 25.4 Å². The van der Waals surface area contributed by atoms with Crippen LogP contribution in [0, 0.1) is 0 Å². The first-order chi connectivity index (χ1) is 12.2. The van der Waals surface area contributed by atoms with Crippen LogP contribution in [0.3, 0.4) is 0 Å². The minimum Gasteiger partial charge on any atom is -0.484 e. The average Bonchev–Trinajstić information content (AvgIpc) is 2.64. The summed E-state index contributed by atoms with van der Waals surface area (Å²) in [5.41, 5.74) is 1.34. The number of rotatable bonds is 6. The van der Waals surface area contributed by atoms with E-state index in [2.05, 4.69) is 50.4 Å². The highest BCUT2D eigenvalue weighted by Gasteiger charge is 2.20. The van der Waals surface area contributed by atoms with Gasteiger partial charge in [-0.1, -0.05) is 46.3 Å². The van der Waals surface area contributed by atoms with Crippen LogP contribution in [-0.2, 0) is 11.3 Å². The number of benzene rings is 2. The number of hydrogen-bond donors (Lipinski definition) is 1. The first-order valence-electron chi connectivity index (χ1n) is 8.63. The fourth-order valence-corrected chi connectivity index (χ4v) is 3.29. The minimum absolute atomic E-state index is 0.0515. The number of carbonyl (C=O) groups excluding carboxylic acids is 1. The van der Waals surface area contributed by atoms with Gasteiger partial charge in [-0.15, -0.1) is 0 Å². The molecule has 0 atom stereocenters. The number of piperidine rings is 1. The third kappa shape index (κ3) is 5.87. The summed E-state index contributed by atoms with van der Waals surface area (Å²) >= 11 is 3.38. The van der Waals surface area contributed by atoms with E-state index in [1.165, 1.54) is 5.56 Å². The van der Waals surface area contributed by atoms with Crippen molar-refractivity contribution in [2.75, 3.05) is 19.7 Å². The number of amides is 1. The van der Waals surface area contributed by atoms with E-state index in [1.54, 1.807) is 0 Å². The van der Waals surface area contributed by atoms with E-state index < -0.39 is 0 Å². The van der Waals surface area contributed by atoms with Crippen LogP contribution in [0.2, 0.25) is 0 Å². The van der Waals surface area contributed by atoms with Crippen LogP contribution in [0.15, 0.2) is 59.1 Å². The Balaban J connectivity index is 1.36. The molecule has 1 saturated heterocycles. The highest BCUT2D eigenvalue weighted by molar-refractivity contribution is 9.10. The third-order valence-electron chi connectivity index (χ3n) is 4.39. The lowest BCUT2D eigenvalue weighted by Crippen LogP contribution is -2.45. The molecular weight excluding hydrogens is 380 g/mol. The summed E-state index contributed by atoms with van der Waals surface area (Å²) in [5.74, 6) is 0.653. The monoisotopic (exact) mass is 402 g/mol. The number of nitrogens with zero attached hydrogens (tertiary/aromatic N) is 1. The van der Waals surface area contributed by atoms with Gasteiger partial charge in [-0.3, -0.25) is 9.69 Å². The zero-order valence-electron chi connectivity index (χ0n) is 14.2. The number of carbonyl (C=O) groups is 1. The summed E-state index contributed by atoms with van der Waals surface area (Å²) in [6.07, 6.45) is 1.97. The Morgan fingerprint density at radius 3 is 2.44 bits per heavy atom. The molecule has 0 spiro atoms. The summed E-state index contributed by atoms with van der Waals surface area (Å²) in [6.45, 7) is 3.06. The van der Waals surface area contributed by atoms with Crippen molar-refractivity contribution in [2.24, 2.45) is 0 Å². The molecule has 1 fully saturated rings. The Bertz CT molecular complexity index is 668. The molecule has 0 saturated carbocycles. The number of nitrogens with one attached hydrogen (secondary N) is 1. The Morgan fingerprint density at radius 1 is 1.08 bits per heavy atom. The molecule has 0 bridgehead atoms. The van der Waals surface area contributed by atoms with Crippen LogP contribution in [0.4, 0.5) is 0 Å². The normalized spacial score (nSPS) is 15.7. The maximum absolute atomic E-state index is 12.1. The Kier molecular flexibility index (Phi) is 6.48. The van der Waals surface area contributed by atoms with E-state index in [0.29, 0.717) is 5.75 Å². The van der Waals surface area contributed by atoms with E-state index in [1.807, 2.05) is 30.3 Å². The van der Waals surface area contributed by atoms with E-state index in [-0.39, 0.29) is 18.6 Å². The summed E-state index contributed by atoms with van der Waals surface area (Å²) in [5, 5.41) is 3.09. The van der Waals surface area contributed by atoms with Gasteiger partial charge in [-0.2, -0.15) is 0 Å². The molecule has 0 radical (unpaired) electrons. The van der Waals surface area contributed by atoms with Crippen LogP contribution in [0.1, 0.15) is 18.4 Å². The second-order valence-electron chi connectivity index (χ2n) is 6.35. The molecule has 4 nitrogen and oxygen atoms in total. The van der Waals surface area contributed by atoms with Gasteiger partial charge in [0.15, 0.2) is 6.61 Å². The molecule has 1 aliphatic heterocycles. The Morgan fingerprint density at radius 2 is 1.76 bits per heavy atom. The molecule has 2 aromatic carbocycles. The zero-order chi connectivity index (χ0) is 17.5. The van der Waals surface area contributed by atoms with Crippen LogP contribution >= 0.6 is 15.9 Å². The summed E-state index contributed by atoms with van der Waals surface area (Å²) in [4.78, 5) is 14.5. The van der Waals surface area contributed by atoms with Crippen LogP contribution in [0.5, 0.6) is 5.75 Å². The second kappa shape index (κ2) is 9.02. The van der Waals surface area contributed by atoms with Gasteiger partial charge in [0.25, 0.3) is 5.91 Å². The second-order valence-corrected chi connectivity index (χ2v) is 7.26. The quantitative estimate of drug-likeness (QED) is 0.802. The SMILES string of the molecule is O=C(COc1ccc(Br)cc1)NC1CCN(Cc2ccccc2)CC1. The van der Waals surface area contributed by atoms with Crippen molar-refractivity contribution in [1.82, 2.24) is 10.2 Å². The number of halogens is 1. The molecule has 132 valence electrons.